The Balaban J connectivity index is 2.09. The number of nitriles is 1. The van der Waals surface area contributed by atoms with E-state index in [1.807, 2.05) is 32.0 Å². The van der Waals surface area contributed by atoms with Crippen LogP contribution in [0.25, 0.3) is 0 Å². The maximum absolute atomic E-state index is 12.3. The summed E-state index contributed by atoms with van der Waals surface area (Å²) < 4.78 is 0. The van der Waals surface area contributed by atoms with E-state index in [2.05, 4.69) is 16.7 Å². The maximum atomic E-state index is 12.3. The topological polar surface area (TPSA) is 68.2 Å². The Hall–Kier alpha value is -2.32. The Labute approximate surface area is 125 Å². The molecule has 0 bridgehead atoms. The van der Waals surface area contributed by atoms with E-state index in [0.717, 1.165) is 29.9 Å². The summed E-state index contributed by atoms with van der Waals surface area (Å²) in [6.45, 7) is 6.85. The van der Waals surface area contributed by atoms with Gasteiger partial charge in [0.15, 0.2) is 0 Å². The molecule has 0 aromatic heterocycles. The third kappa shape index (κ3) is 4.07. The highest BCUT2D eigenvalue weighted by Gasteiger charge is 2.19. The third-order valence-electron chi connectivity index (χ3n) is 3.36. The van der Waals surface area contributed by atoms with Gasteiger partial charge in [-0.2, -0.15) is 5.26 Å². The minimum absolute atomic E-state index is 0.135. The predicted molar refractivity (Wildman–Crippen MR) is 82.7 cm³/mol. The van der Waals surface area contributed by atoms with Gasteiger partial charge in [0.05, 0.1) is 0 Å². The Morgan fingerprint density at radius 3 is 2.48 bits per heavy atom. The van der Waals surface area contributed by atoms with Crippen molar-refractivity contribution >= 4 is 11.6 Å². The molecule has 1 heterocycles. The van der Waals surface area contributed by atoms with E-state index in [-0.39, 0.29) is 11.5 Å². The van der Waals surface area contributed by atoms with Crippen LogP contribution in [0.2, 0.25) is 0 Å². The second kappa shape index (κ2) is 6.91. The van der Waals surface area contributed by atoms with Crippen LogP contribution in [0.15, 0.2) is 30.0 Å². The molecule has 0 saturated carbocycles. The zero-order valence-electron chi connectivity index (χ0n) is 12.4. The maximum Gasteiger partial charge on any atom is 0.266 e. The molecule has 0 radical (unpaired) electrons. The van der Waals surface area contributed by atoms with E-state index in [1.54, 1.807) is 4.90 Å². The van der Waals surface area contributed by atoms with Gasteiger partial charge in [0.2, 0.25) is 0 Å². The van der Waals surface area contributed by atoms with Crippen molar-refractivity contribution in [3.8, 4) is 6.07 Å². The van der Waals surface area contributed by atoms with Crippen LogP contribution in [0.1, 0.15) is 11.1 Å². The lowest BCUT2D eigenvalue weighted by Crippen LogP contribution is -2.46. The van der Waals surface area contributed by atoms with Gasteiger partial charge in [-0.25, -0.2) is 0 Å². The minimum atomic E-state index is -0.212. The largest absolute Gasteiger partial charge is 0.360 e. The van der Waals surface area contributed by atoms with Gasteiger partial charge in [-0.3, -0.25) is 4.79 Å². The quantitative estimate of drug-likeness (QED) is 0.653. The molecule has 1 saturated heterocycles. The number of nitrogens with zero attached hydrogens (tertiary/aromatic N) is 2. The van der Waals surface area contributed by atoms with Gasteiger partial charge in [0.25, 0.3) is 5.91 Å². The van der Waals surface area contributed by atoms with Crippen LogP contribution in [0, 0.1) is 25.2 Å². The summed E-state index contributed by atoms with van der Waals surface area (Å²) in [5.74, 6) is -0.212. The number of carbonyl (C=O) groups is 1. The summed E-state index contributed by atoms with van der Waals surface area (Å²) in [5.41, 5.74) is 3.29. The molecule has 5 heteroatoms. The molecule has 0 atom stereocenters. The lowest BCUT2D eigenvalue weighted by atomic mass is 10.1. The van der Waals surface area contributed by atoms with Crippen LogP contribution in [-0.2, 0) is 4.79 Å². The molecule has 1 aliphatic heterocycles. The van der Waals surface area contributed by atoms with E-state index in [9.17, 15) is 10.1 Å². The number of aryl methyl sites for hydroxylation is 2. The average Bonchev–Trinajstić information content (AvgIpc) is 2.47. The average molecular weight is 284 g/mol. The van der Waals surface area contributed by atoms with Gasteiger partial charge in [-0.1, -0.05) is 6.07 Å². The first-order valence-electron chi connectivity index (χ1n) is 7.05. The number of hydrogen-bond donors (Lipinski definition) is 2. The van der Waals surface area contributed by atoms with E-state index in [0.29, 0.717) is 13.1 Å². The monoisotopic (exact) mass is 284 g/mol. The minimum Gasteiger partial charge on any atom is -0.360 e. The Kier molecular flexibility index (Phi) is 4.96. The highest BCUT2D eigenvalue weighted by molar-refractivity contribution is 5.97. The highest BCUT2D eigenvalue weighted by Crippen LogP contribution is 2.14. The molecule has 0 unspecified atom stereocenters. The van der Waals surface area contributed by atoms with Gasteiger partial charge in [0.1, 0.15) is 11.6 Å². The van der Waals surface area contributed by atoms with E-state index < -0.39 is 0 Å². The zero-order valence-corrected chi connectivity index (χ0v) is 12.4. The summed E-state index contributed by atoms with van der Waals surface area (Å²) in [5, 5.41) is 15.4. The van der Waals surface area contributed by atoms with Crippen molar-refractivity contribution in [3.63, 3.8) is 0 Å². The van der Waals surface area contributed by atoms with Crippen molar-refractivity contribution in [2.24, 2.45) is 0 Å². The van der Waals surface area contributed by atoms with E-state index >= 15 is 0 Å². The predicted octanol–water partition coefficient (Wildman–Crippen LogP) is 1.55. The van der Waals surface area contributed by atoms with Crippen LogP contribution in [-0.4, -0.2) is 37.0 Å². The first-order valence-corrected chi connectivity index (χ1v) is 7.05. The first kappa shape index (κ1) is 15.1. The lowest BCUT2D eigenvalue weighted by Gasteiger charge is -2.27. The highest BCUT2D eigenvalue weighted by atomic mass is 16.2. The van der Waals surface area contributed by atoms with Crippen LogP contribution >= 0.6 is 0 Å². The SMILES string of the molecule is Cc1cc(C)cc(N/C=C(/C#N)C(=O)N2CCNCC2)c1. The van der Waals surface area contributed by atoms with Crippen LogP contribution in [0.3, 0.4) is 0 Å². The summed E-state index contributed by atoms with van der Waals surface area (Å²) in [4.78, 5) is 14.0. The van der Waals surface area contributed by atoms with Gasteiger partial charge >= 0.3 is 0 Å². The second-order valence-electron chi connectivity index (χ2n) is 5.23. The van der Waals surface area contributed by atoms with E-state index in [4.69, 9.17) is 0 Å². The molecule has 21 heavy (non-hydrogen) atoms. The molecule has 1 amide bonds. The molecule has 2 N–H and O–H groups in total. The van der Waals surface area contributed by atoms with E-state index in [1.165, 1.54) is 6.20 Å². The Bertz CT molecular complexity index is 575. The standard InChI is InChI=1S/C16H20N4O/c1-12-7-13(2)9-15(8-12)19-11-14(10-17)16(21)20-5-3-18-4-6-20/h7-9,11,18-19H,3-6H2,1-2H3/b14-11-. The van der Waals surface area contributed by atoms with Crippen LogP contribution < -0.4 is 10.6 Å². The first-order chi connectivity index (χ1) is 10.1. The van der Waals surface area contributed by atoms with Gasteiger partial charge < -0.3 is 15.5 Å². The number of rotatable bonds is 3. The molecule has 1 aromatic carbocycles. The summed E-state index contributed by atoms with van der Waals surface area (Å²) >= 11 is 0. The molecule has 5 nitrogen and oxygen atoms in total. The van der Waals surface area contributed by atoms with Crippen molar-refractivity contribution in [2.45, 2.75) is 13.8 Å². The molecule has 0 spiro atoms. The Morgan fingerprint density at radius 2 is 1.90 bits per heavy atom. The summed E-state index contributed by atoms with van der Waals surface area (Å²) in [7, 11) is 0. The number of carbonyl (C=O) groups excluding carboxylic acids is 1. The molecular formula is C16H20N4O. The normalized spacial score (nSPS) is 15.5. The molecule has 0 aliphatic carbocycles. The second-order valence-corrected chi connectivity index (χ2v) is 5.23. The smallest absolute Gasteiger partial charge is 0.266 e. The number of benzene rings is 1. The van der Waals surface area contributed by atoms with Crippen molar-refractivity contribution < 1.29 is 4.79 Å². The Morgan fingerprint density at radius 1 is 1.29 bits per heavy atom. The molecule has 1 aliphatic rings. The molecule has 110 valence electrons. The molecule has 1 aromatic rings. The van der Waals surface area contributed by atoms with Gasteiger partial charge in [-0.15, -0.1) is 0 Å². The molecule has 2 rings (SSSR count). The van der Waals surface area contributed by atoms with Crippen molar-refractivity contribution in [3.05, 3.63) is 41.1 Å². The van der Waals surface area contributed by atoms with Crippen molar-refractivity contribution in [1.82, 2.24) is 10.2 Å². The van der Waals surface area contributed by atoms with Gasteiger partial charge in [0, 0.05) is 38.1 Å². The molecule has 1 fully saturated rings. The fourth-order valence-electron chi connectivity index (χ4n) is 2.39. The lowest BCUT2D eigenvalue weighted by molar-refractivity contribution is -0.127. The number of nitrogens with one attached hydrogen (secondary N) is 2. The van der Waals surface area contributed by atoms with Gasteiger partial charge in [-0.05, 0) is 37.1 Å². The van der Waals surface area contributed by atoms with Crippen molar-refractivity contribution in [2.75, 3.05) is 31.5 Å². The summed E-state index contributed by atoms with van der Waals surface area (Å²) in [6.07, 6.45) is 1.50. The fourth-order valence-corrected chi connectivity index (χ4v) is 2.39. The number of hydrogen-bond acceptors (Lipinski definition) is 4. The van der Waals surface area contributed by atoms with Crippen LogP contribution in [0.4, 0.5) is 5.69 Å². The van der Waals surface area contributed by atoms with Crippen molar-refractivity contribution in [1.29, 1.82) is 5.26 Å². The molecular weight excluding hydrogens is 264 g/mol. The zero-order chi connectivity index (χ0) is 15.2. The number of amides is 1. The number of anilines is 1. The fraction of sp³-hybridized carbons (Fsp3) is 0.375. The number of piperazine rings is 1. The van der Waals surface area contributed by atoms with Crippen LogP contribution in [0.5, 0.6) is 0 Å². The third-order valence-corrected chi connectivity index (χ3v) is 3.36. The summed E-state index contributed by atoms with van der Waals surface area (Å²) in [6, 6.07) is 8.02.